The fourth-order valence-corrected chi connectivity index (χ4v) is 9.01. The molecule has 1 spiro atoms. The van der Waals surface area contributed by atoms with Gasteiger partial charge in [-0.2, -0.15) is 0 Å². The van der Waals surface area contributed by atoms with Crippen LogP contribution in [0, 0.1) is 34.5 Å². The first-order valence-corrected chi connectivity index (χ1v) is 15.3. The van der Waals surface area contributed by atoms with E-state index >= 15 is 0 Å². The van der Waals surface area contributed by atoms with E-state index in [9.17, 15) is 14.4 Å². The lowest BCUT2D eigenvalue weighted by Gasteiger charge is -2.68. The molecule has 40 heavy (non-hydrogen) atoms. The van der Waals surface area contributed by atoms with Gasteiger partial charge < -0.3 is 28.4 Å². The summed E-state index contributed by atoms with van der Waals surface area (Å²) in [6.07, 6.45) is 2.15. The third-order valence-electron chi connectivity index (χ3n) is 10.1. The van der Waals surface area contributed by atoms with Gasteiger partial charge in [0.25, 0.3) is 0 Å². The summed E-state index contributed by atoms with van der Waals surface area (Å²) >= 11 is 23.7. The Kier molecular flexibility index (Phi) is 8.45. The molecule has 5 aliphatic rings. The number of halogens is 4. The molecule has 2 saturated heterocycles. The molecule has 0 aromatic heterocycles. The molecule has 0 radical (unpaired) electrons. The summed E-state index contributed by atoms with van der Waals surface area (Å²) < 4.78 is 36.3. The Morgan fingerprint density at radius 3 is 2.38 bits per heavy atom. The highest BCUT2D eigenvalue weighted by Gasteiger charge is 2.83. The van der Waals surface area contributed by atoms with E-state index in [1.54, 1.807) is 0 Å². The van der Waals surface area contributed by atoms with Crippen LogP contribution in [-0.2, 0) is 42.8 Å². The van der Waals surface area contributed by atoms with E-state index in [2.05, 4.69) is 26.0 Å². The van der Waals surface area contributed by atoms with E-state index in [0.29, 0.717) is 19.4 Å². The molecule has 3 aliphatic carbocycles. The molecule has 13 heteroatoms. The van der Waals surface area contributed by atoms with Crippen LogP contribution >= 0.6 is 46.4 Å². The Morgan fingerprint density at radius 2 is 1.75 bits per heavy atom. The van der Waals surface area contributed by atoms with Crippen molar-refractivity contribution in [3.8, 4) is 0 Å². The van der Waals surface area contributed by atoms with Crippen molar-refractivity contribution >= 4 is 64.3 Å². The monoisotopic (exact) mass is 642 g/mol. The first-order chi connectivity index (χ1) is 18.9. The van der Waals surface area contributed by atoms with E-state index in [0.717, 1.165) is 0 Å². The highest BCUT2D eigenvalue weighted by molar-refractivity contribution is 6.53. The molecule has 224 valence electrons. The van der Waals surface area contributed by atoms with Gasteiger partial charge in [-0.25, -0.2) is 14.4 Å². The Labute approximate surface area is 253 Å². The van der Waals surface area contributed by atoms with Gasteiger partial charge in [-0.1, -0.05) is 72.4 Å². The maximum Gasteiger partial charge on any atom is 0.342 e. The maximum atomic E-state index is 13.8. The van der Waals surface area contributed by atoms with Crippen LogP contribution in [0.1, 0.15) is 40.0 Å². The van der Waals surface area contributed by atoms with Crippen LogP contribution in [0.15, 0.2) is 12.2 Å². The average molecular weight is 644 g/mol. The molecule has 9 nitrogen and oxygen atoms in total. The minimum Gasteiger partial charge on any atom is -0.467 e. The number of rotatable bonds is 7. The average Bonchev–Trinajstić information content (AvgIpc) is 3.17. The second-order valence-electron chi connectivity index (χ2n) is 11.7. The normalized spacial score (nSPS) is 45.0. The van der Waals surface area contributed by atoms with Gasteiger partial charge >= 0.3 is 17.9 Å². The van der Waals surface area contributed by atoms with Gasteiger partial charge in [0.2, 0.25) is 15.3 Å². The van der Waals surface area contributed by atoms with Crippen LogP contribution in [0.4, 0.5) is 0 Å². The standard InChI is InChI=1S/C27H34Cl4O9/c1-5-36-16-10-14-26-11-37-27(14,24(34)35-4)19(40-23(33)21(30)31)17(39-22(32)20(28)29)18(26)25(3)8-6-7-12(2)13(25)9-15(26)38-16/h6-7,12-21H,5,8-11H2,1-4H3/t12-,13+,14-,15-,16+,17-,18-,19+,25+,26-,27+/m1/s1. The third-order valence-corrected chi connectivity index (χ3v) is 10.8. The number of esters is 3. The predicted octanol–water partition coefficient (Wildman–Crippen LogP) is 4.37. The number of hydrogen-bond donors (Lipinski definition) is 0. The third kappa shape index (κ3) is 4.32. The second kappa shape index (κ2) is 11.0. The van der Waals surface area contributed by atoms with Crippen LogP contribution in [0.3, 0.4) is 0 Å². The minimum atomic E-state index is -1.86. The van der Waals surface area contributed by atoms with E-state index < -0.39 is 80.4 Å². The van der Waals surface area contributed by atoms with Gasteiger partial charge in [0, 0.05) is 30.3 Å². The SMILES string of the molecule is CCO[C@@H]1C[C@H]2[C@]3(C(=O)OC)OC[C@@]24[C@H]([C@@H](OC(=O)C(Cl)Cl)[C@@H]3OC(=O)C(Cl)Cl)[C@@]2(C)CC=C[C@@H](C)[C@@H]2C[C@H]4O1. The first-order valence-electron chi connectivity index (χ1n) is 13.5. The molecule has 0 aromatic rings. The molecule has 5 rings (SSSR count). The van der Waals surface area contributed by atoms with Crippen molar-refractivity contribution in [2.24, 2.45) is 34.5 Å². The molecule has 2 heterocycles. The highest BCUT2D eigenvalue weighted by Crippen LogP contribution is 2.73. The van der Waals surface area contributed by atoms with Crippen LogP contribution in [0.5, 0.6) is 0 Å². The molecule has 11 atom stereocenters. The maximum absolute atomic E-state index is 13.8. The molecule has 2 aliphatic heterocycles. The summed E-state index contributed by atoms with van der Waals surface area (Å²) in [4.78, 5) is 36.7. The molecule has 0 N–H and O–H groups in total. The summed E-state index contributed by atoms with van der Waals surface area (Å²) in [7, 11) is 1.22. The fourth-order valence-electron chi connectivity index (χ4n) is 8.80. The van der Waals surface area contributed by atoms with Crippen LogP contribution in [0.25, 0.3) is 0 Å². The molecule has 2 saturated carbocycles. The molecule has 4 fully saturated rings. The first kappa shape index (κ1) is 30.6. The van der Waals surface area contributed by atoms with Crippen molar-refractivity contribution in [3.63, 3.8) is 0 Å². The zero-order chi connectivity index (χ0) is 29.2. The second-order valence-corrected chi connectivity index (χ2v) is 13.9. The summed E-state index contributed by atoms with van der Waals surface area (Å²) in [5, 5.41) is 0. The minimum absolute atomic E-state index is 0.0831. The lowest BCUT2D eigenvalue weighted by molar-refractivity contribution is -0.329. The van der Waals surface area contributed by atoms with Crippen molar-refractivity contribution in [2.45, 2.75) is 79.9 Å². The van der Waals surface area contributed by atoms with E-state index in [1.807, 2.05) is 6.92 Å². The Morgan fingerprint density at radius 1 is 1.07 bits per heavy atom. The van der Waals surface area contributed by atoms with Gasteiger partial charge in [-0.15, -0.1) is 0 Å². The number of methoxy groups -OCH3 is 1. The van der Waals surface area contributed by atoms with Gasteiger partial charge in [0.1, 0.15) is 6.10 Å². The molecule has 0 unspecified atom stereocenters. The predicted molar refractivity (Wildman–Crippen MR) is 145 cm³/mol. The Balaban J connectivity index is 1.77. The molecular weight excluding hydrogens is 610 g/mol. The number of alkyl halides is 4. The van der Waals surface area contributed by atoms with Crippen molar-refractivity contribution < 1.29 is 42.8 Å². The summed E-state index contributed by atoms with van der Waals surface area (Å²) in [6, 6.07) is 0. The zero-order valence-electron chi connectivity index (χ0n) is 22.6. The van der Waals surface area contributed by atoms with Crippen LogP contribution in [-0.4, -0.2) is 78.1 Å². The smallest absolute Gasteiger partial charge is 0.342 e. The van der Waals surface area contributed by atoms with Crippen LogP contribution < -0.4 is 0 Å². The van der Waals surface area contributed by atoms with Crippen molar-refractivity contribution in [1.29, 1.82) is 0 Å². The summed E-state index contributed by atoms with van der Waals surface area (Å²) in [6.45, 7) is 6.62. The number of carbonyl (C=O) groups excluding carboxylic acids is 3. The Hall–Kier alpha value is -0.810. The lowest BCUT2D eigenvalue weighted by Crippen LogP contribution is -2.77. The van der Waals surface area contributed by atoms with Crippen LogP contribution in [0.2, 0.25) is 0 Å². The molecule has 0 amide bonds. The fraction of sp³-hybridized carbons (Fsp3) is 0.815. The van der Waals surface area contributed by atoms with Crippen molar-refractivity contribution in [1.82, 2.24) is 0 Å². The van der Waals surface area contributed by atoms with Gasteiger partial charge in [-0.3, -0.25) is 0 Å². The van der Waals surface area contributed by atoms with Gasteiger partial charge in [0.15, 0.2) is 12.4 Å². The number of carbonyl (C=O) groups is 3. The topological polar surface area (TPSA) is 107 Å². The van der Waals surface area contributed by atoms with Gasteiger partial charge in [-0.05, 0) is 37.0 Å². The van der Waals surface area contributed by atoms with Crippen molar-refractivity contribution in [3.05, 3.63) is 12.2 Å². The summed E-state index contributed by atoms with van der Waals surface area (Å²) in [5.41, 5.74) is -3.16. The van der Waals surface area contributed by atoms with Crippen molar-refractivity contribution in [2.75, 3.05) is 20.3 Å². The highest BCUT2D eigenvalue weighted by atomic mass is 35.5. The molecule has 0 aromatic carbocycles. The van der Waals surface area contributed by atoms with E-state index in [-0.39, 0.29) is 24.9 Å². The Bertz CT molecular complexity index is 1070. The quantitative estimate of drug-likeness (QED) is 0.173. The van der Waals surface area contributed by atoms with E-state index in [4.69, 9.17) is 74.8 Å². The number of allylic oxidation sites excluding steroid dienone is 2. The van der Waals surface area contributed by atoms with E-state index in [1.165, 1.54) is 7.11 Å². The van der Waals surface area contributed by atoms with Gasteiger partial charge in [0.05, 0.1) is 19.8 Å². The molecule has 2 bridgehead atoms. The number of hydrogen-bond acceptors (Lipinski definition) is 9. The number of ether oxygens (including phenoxy) is 6. The number of fused-ring (bicyclic) bond motifs is 2. The summed E-state index contributed by atoms with van der Waals surface area (Å²) in [5.74, 6) is -3.55. The molecular formula is C27H34Cl4O9. The lowest BCUT2D eigenvalue weighted by atomic mass is 9.38. The zero-order valence-corrected chi connectivity index (χ0v) is 25.7. The largest absolute Gasteiger partial charge is 0.467 e.